The molecule has 2 N–H and O–H groups in total. The summed E-state index contributed by atoms with van der Waals surface area (Å²) in [6.45, 7) is 1.52. The van der Waals surface area contributed by atoms with Gasteiger partial charge in [-0.3, -0.25) is 9.59 Å². The third-order valence-corrected chi connectivity index (χ3v) is 5.13. The van der Waals surface area contributed by atoms with E-state index in [0.29, 0.717) is 6.54 Å². The molecular formula is C16H22N2O3S. The van der Waals surface area contributed by atoms with Crippen molar-refractivity contribution >= 4 is 23.2 Å². The van der Waals surface area contributed by atoms with E-state index in [-0.39, 0.29) is 30.2 Å². The summed E-state index contributed by atoms with van der Waals surface area (Å²) in [4.78, 5) is 26.2. The van der Waals surface area contributed by atoms with Gasteiger partial charge in [0, 0.05) is 25.6 Å². The highest BCUT2D eigenvalue weighted by atomic mass is 32.1. The molecule has 2 atom stereocenters. The standard InChI is InChI=1S/C16H22N2O3S/c19-14(13-5-7-22-10-13)8-17-15(20)12-2-1-6-18(9-12)16(21)11-3-4-11/h5,7,10-12,14,19H,1-4,6,8-9H2,(H,17,20). The molecule has 0 radical (unpaired) electrons. The minimum atomic E-state index is -0.664. The van der Waals surface area contributed by atoms with E-state index < -0.39 is 6.10 Å². The molecule has 120 valence electrons. The highest BCUT2D eigenvalue weighted by Gasteiger charge is 2.36. The van der Waals surface area contributed by atoms with Crippen LogP contribution in [0.25, 0.3) is 0 Å². The number of aliphatic hydroxyl groups excluding tert-OH is 1. The summed E-state index contributed by atoms with van der Waals surface area (Å²) >= 11 is 1.53. The molecule has 1 aromatic heterocycles. The van der Waals surface area contributed by atoms with E-state index in [1.165, 1.54) is 11.3 Å². The molecule has 0 spiro atoms. The third kappa shape index (κ3) is 3.67. The Morgan fingerprint density at radius 2 is 2.18 bits per heavy atom. The van der Waals surface area contributed by atoms with Gasteiger partial charge in [-0.15, -0.1) is 0 Å². The first-order valence-electron chi connectivity index (χ1n) is 7.92. The van der Waals surface area contributed by atoms with Crippen molar-refractivity contribution < 1.29 is 14.7 Å². The number of hydrogen-bond donors (Lipinski definition) is 2. The largest absolute Gasteiger partial charge is 0.387 e. The molecule has 2 heterocycles. The van der Waals surface area contributed by atoms with Gasteiger partial charge in [0.2, 0.25) is 11.8 Å². The minimum Gasteiger partial charge on any atom is -0.387 e. The summed E-state index contributed by atoms with van der Waals surface area (Å²) in [5.41, 5.74) is 0.833. The van der Waals surface area contributed by atoms with E-state index in [9.17, 15) is 14.7 Å². The van der Waals surface area contributed by atoms with Crippen LogP contribution in [0.3, 0.4) is 0 Å². The Morgan fingerprint density at radius 3 is 2.86 bits per heavy atom. The molecular weight excluding hydrogens is 300 g/mol. The highest BCUT2D eigenvalue weighted by molar-refractivity contribution is 7.07. The average molecular weight is 322 g/mol. The summed E-state index contributed by atoms with van der Waals surface area (Å²) < 4.78 is 0. The van der Waals surface area contributed by atoms with E-state index in [2.05, 4.69) is 5.32 Å². The van der Waals surface area contributed by atoms with Crippen LogP contribution in [-0.2, 0) is 9.59 Å². The van der Waals surface area contributed by atoms with Gasteiger partial charge in [0.25, 0.3) is 0 Å². The molecule has 6 heteroatoms. The van der Waals surface area contributed by atoms with Crippen molar-refractivity contribution in [2.24, 2.45) is 11.8 Å². The fourth-order valence-corrected chi connectivity index (χ4v) is 3.61. The normalized spacial score (nSPS) is 23.1. The van der Waals surface area contributed by atoms with Crippen molar-refractivity contribution in [3.8, 4) is 0 Å². The van der Waals surface area contributed by atoms with E-state index in [4.69, 9.17) is 0 Å². The molecule has 1 saturated heterocycles. The highest BCUT2D eigenvalue weighted by Crippen LogP contribution is 2.32. The molecule has 2 unspecified atom stereocenters. The smallest absolute Gasteiger partial charge is 0.225 e. The zero-order valence-corrected chi connectivity index (χ0v) is 13.3. The van der Waals surface area contributed by atoms with Gasteiger partial charge in [-0.25, -0.2) is 0 Å². The molecule has 5 nitrogen and oxygen atoms in total. The Hall–Kier alpha value is -1.40. The van der Waals surface area contributed by atoms with Crippen LogP contribution in [0, 0.1) is 11.8 Å². The lowest BCUT2D eigenvalue weighted by Crippen LogP contribution is -2.46. The van der Waals surface area contributed by atoms with Gasteiger partial charge in [0.15, 0.2) is 0 Å². The summed E-state index contributed by atoms with van der Waals surface area (Å²) in [5.74, 6) is 0.228. The number of likely N-dealkylation sites (tertiary alicyclic amines) is 1. The first kappa shape index (κ1) is 15.5. The monoisotopic (exact) mass is 322 g/mol. The maximum atomic E-state index is 12.3. The molecule has 1 saturated carbocycles. The predicted molar refractivity (Wildman–Crippen MR) is 84.3 cm³/mol. The maximum Gasteiger partial charge on any atom is 0.225 e. The fourth-order valence-electron chi connectivity index (χ4n) is 2.90. The van der Waals surface area contributed by atoms with E-state index in [1.807, 2.05) is 21.7 Å². The summed E-state index contributed by atoms with van der Waals surface area (Å²) in [6, 6.07) is 1.86. The molecule has 2 fully saturated rings. The Kier molecular flexibility index (Phi) is 4.78. The van der Waals surface area contributed by atoms with Gasteiger partial charge in [0.1, 0.15) is 0 Å². The number of nitrogens with zero attached hydrogens (tertiary/aromatic N) is 1. The first-order valence-corrected chi connectivity index (χ1v) is 8.86. The SMILES string of the molecule is O=C(NCC(O)c1ccsc1)C1CCCN(C(=O)C2CC2)C1. The molecule has 1 aliphatic carbocycles. The van der Waals surface area contributed by atoms with Crippen molar-refractivity contribution in [2.75, 3.05) is 19.6 Å². The molecule has 22 heavy (non-hydrogen) atoms. The first-order chi connectivity index (χ1) is 10.6. The van der Waals surface area contributed by atoms with Crippen LogP contribution in [0.15, 0.2) is 16.8 Å². The van der Waals surface area contributed by atoms with Crippen LogP contribution in [0.2, 0.25) is 0 Å². The van der Waals surface area contributed by atoms with Crippen molar-refractivity contribution in [1.82, 2.24) is 10.2 Å². The number of piperidine rings is 1. The molecule has 0 aromatic carbocycles. The Morgan fingerprint density at radius 1 is 1.36 bits per heavy atom. The fraction of sp³-hybridized carbons (Fsp3) is 0.625. The lowest BCUT2D eigenvalue weighted by Gasteiger charge is -2.32. The topological polar surface area (TPSA) is 69.6 Å². The van der Waals surface area contributed by atoms with Crippen LogP contribution in [0.5, 0.6) is 0 Å². The number of nitrogens with one attached hydrogen (secondary N) is 1. The number of thiophene rings is 1. The third-order valence-electron chi connectivity index (χ3n) is 4.43. The van der Waals surface area contributed by atoms with E-state index in [1.54, 1.807) is 0 Å². The molecule has 2 aliphatic rings. The van der Waals surface area contributed by atoms with E-state index in [0.717, 1.165) is 37.8 Å². The summed E-state index contributed by atoms with van der Waals surface area (Å²) in [6.07, 6.45) is 3.03. The molecule has 2 amide bonds. The number of carbonyl (C=O) groups is 2. The second-order valence-electron chi connectivity index (χ2n) is 6.22. The second kappa shape index (κ2) is 6.79. The summed E-state index contributed by atoms with van der Waals surface area (Å²) in [5, 5.41) is 16.6. The Balaban J connectivity index is 1.48. The molecule has 3 rings (SSSR count). The van der Waals surface area contributed by atoms with Gasteiger partial charge in [0.05, 0.1) is 12.0 Å². The van der Waals surface area contributed by atoms with Gasteiger partial charge in [-0.1, -0.05) is 0 Å². The number of aliphatic hydroxyl groups is 1. The van der Waals surface area contributed by atoms with Crippen molar-refractivity contribution in [2.45, 2.75) is 31.8 Å². The molecule has 1 aromatic rings. The van der Waals surface area contributed by atoms with Gasteiger partial charge >= 0.3 is 0 Å². The lowest BCUT2D eigenvalue weighted by molar-refractivity contribution is -0.136. The molecule has 0 bridgehead atoms. The minimum absolute atomic E-state index is 0.0532. The number of hydrogen-bond acceptors (Lipinski definition) is 4. The number of amides is 2. The molecule has 1 aliphatic heterocycles. The Labute approximate surface area is 134 Å². The Bertz CT molecular complexity index is 528. The zero-order valence-electron chi connectivity index (χ0n) is 12.5. The quantitative estimate of drug-likeness (QED) is 0.864. The van der Waals surface area contributed by atoms with Crippen LogP contribution in [0.4, 0.5) is 0 Å². The zero-order chi connectivity index (χ0) is 15.5. The van der Waals surface area contributed by atoms with E-state index >= 15 is 0 Å². The summed E-state index contributed by atoms with van der Waals surface area (Å²) in [7, 11) is 0. The van der Waals surface area contributed by atoms with Crippen LogP contribution in [-0.4, -0.2) is 41.5 Å². The average Bonchev–Trinajstić information content (AvgIpc) is 3.25. The van der Waals surface area contributed by atoms with Crippen molar-refractivity contribution in [1.29, 1.82) is 0 Å². The van der Waals surface area contributed by atoms with Crippen molar-refractivity contribution in [3.63, 3.8) is 0 Å². The van der Waals surface area contributed by atoms with Crippen molar-refractivity contribution in [3.05, 3.63) is 22.4 Å². The van der Waals surface area contributed by atoms with Crippen LogP contribution in [0.1, 0.15) is 37.4 Å². The van der Waals surface area contributed by atoms with Crippen LogP contribution < -0.4 is 5.32 Å². The van der Waals surface area contributed by atoms with Crippen LogP contribution >= 0.6 is 11.3 Å². The van der Waals surface area contributed by atoms with Gasteiger partial charge in [-0.2, -0.15) is 11.3 Å². The van der Waals surface area contributed by atoms with Gasteiger partial charge < -0.3 is 15.3 Å². The number of carbonyl (C=O) groups excluding carboxylic acids is 2. The predicted octanol–water partition coefficient (Wildman–Crippen LogP) is 1.55. The maximum absolute atomic E-state index is 12.3. The lowest BCUT2D eigenvalue weighted by atomic mass is 9.96. The van der Waals surface area contributed by atoms with Gasteiger partial charge in [-0.05, 0) is 48.1 Å². The number of rotatable bonds is 5. The second-order valence-corrected chi connectivity index (χ2v) is 7.00.